The summed E-state index contributed by atoms with van der Waals surface area (Å²) in [6, 6.07) is 20.0. The number of carbonyl (C=O) groups is 3. The fourth-order valence-corrected chi connectivity index (χ4v) is 3.28. The monoisotopic (exact) mass is 402 g/mol. The van der Waals surface area contributed by atoms with Crippen molar-refractivity contribution in [3.8, 4) is 0 Å². The zero-order valence-electron chi connectivity index (χ0n) is 16.6. The first-order valence-electron chi connectivity index (χ1n) is 9.88. The molecule has 1 fully saturated rings. The van der Waals surface area contributed by atoms with Gasteiger partial charge in [0.2, 0.25) is 12.0 Å². The van der Waals surface area contributed by atoms with Crippen LogP contribution in [0.2, 0.25) is 0 Å². The van der Waals surface area contributed by atoms with E-state index in [-0.39, 0.29) is 23.4 Å². The van der Waals surface area contributed by atoms with Gasteiger partial charge in [0, 0.05) is 18.5 Å². The van der Waals surface area contributed by atoms with Crippen molar-refractivity contribution in [2.45, 2.75) is 31.9 Å². The van der Waals surface area contributed by atoms with Crippen molar-refractivity contribution in [3.05, 3.63) is 77.9 Å². The summed E-state index contributed by atoms with van der Waals surface area (Å²) in [6.07, 6.45) is 0.785. The zero-order valence-corrected chi connectivity index (χ0v) is 16.6. The number of hydrogen-bond donors (Lipinski definition) is 2. The van der Waals surface area contributed by atoms with Gasteiger partial charge in [0.1, 0.15) is 0 Å². The Balaban J connectivity index is 1.68. The number of fused-ring (bicyclic) bond motifs is 1. The molecule has 0 spiro atoms. The summed E-state index contributed by atoms with van der Waals surface area (Å²) in [7, 11) is 0. The Labute approximate surface area is 174 Å². The van der Waals surface area contributed by atoms with Crippen LogP contribution in [-0.2, 0) is 14.3 Å². The number of benzene rings is 3. The third kappa shape index (κ3) is 4.49. The first kappa shape index (κ1) is 19.6. The first-order chi connectivity index (χ1) is 14.5. The van der Waals surface area contributed by atoms with Gasteiger partial charge in [0.25, 0.3) is 5.91 Å². The lowest BCUT2D eigenvalue weighted by molar-refractivity contribution is -0.130. The van der Waals surface area contributed by atoms with Gasteiger partial charge >= 0.3 is 5.97 Å². The number of nitrogens with one attached hydrogen (secondary N) is 2. The maximum atomic E-state index is 13.1. The van der Waals surface area contributed by atoms with Crippen molar-refractivity contribution in [3.63, 3.8) is 0 Å². The molecule has 2 amide bonds. The average Bonchev–Trinajstić information content (AvgIpc) is 3.55. The third-order valence-electron chi connectivity index (χ3n) is 4.91. The summed E-state index contributed by atoms with van der Waals surface area (Å²) in [6.45, 7) is 1.38. The van der Waals surface area contributed by atoms with Crippen molar-refractivity contribution >= 4 is 34.2 Å². The fraction of sp³-hybridized carbons (Fsp3) is 0.208. The van der Waals surface area contributed by atoms with Gasteiger partial charge in [-0.1, -0.05) is 54.6 Å². The van der Waals surface area contributed by atoms with Crippen LogP contribution in [0.3, 0.4) is 0 Å². The lowest BCUT2D eigenvalue weighted by atomic mass is 10.0. The van der Waals surface area contributed by atoms with E-state index in [1.165, 1.54) is 6.92 Å². The Kier molecular flexibility index (Phi) is 5.48. The maximum absolute atomic E-state index is 13.1. The fourth-order valence-electron chi connectivity index (χ4n) is 3.28. The van der Waals surface area contributed by atoms with E-state index >= 15 is 0 Å². The second kappa shape index (κ2) is 8.37. The number of anilines is 1. The van der Waals surface area contributed by atoms with Crippen LogP contribution in [0.1, 0.15) is 41.8 Å². The van der Waals surface area contributed by atoms with Crippen LogP contribution in [0, 0.1) is 0 Å². The topological polar surface area (TPSA) is 84.5 Å². The molecule has 2 N–H and O–H groups in total. The first-order valence-corrected chi connectivity index (χ1v) is 9.88. The predicted molar refractivity (Wildman–Crippen MR) is 114 cm³/mol. The van der Waals surface area contributed by atoms with Gasteiger partial charge in [-0.3, -0.25) is 9.59 Å². The van der Waals surface area contributed by atoms with Crippen molar-refractivity contribution in [2.24, 2.45) is 0 Å². The molecule has 6 heteroatoms. The molecule has 0 radical (unpaired) electrons. The average molecular weight is 402 g/mol. The molecule has 0 bridgehead atoms. The highest BCUT2D eigenvalue weighted by molar-refractivity contribution is 6.06. The van der Waals surface area contributed by atoms with E-state index in [4.69, 9.17) is 4.74 Å². The smallest absolute Gasteiger partial charge is 0.341 e. The predicted octanol–water partition coefficient (Wildman–Crippen LogP) is 3.97. The van der Waals surface area contributed by atoms with Gasteiger partial charge < -0.3 is 15.4 Å². The van der Waals surface area contributed by atoms with E-state index in [9.17, 15) is 14.4 Å². The van der Waals surface area contributed by atoms with Crippen LogP contribution < -0.4 is 10.6 Å². The molecule has 0 aromatic heterocycles. The van der Waals surface area contributed by atoms with Crippen molar-refractivity contribution in [1.29, 1.82) is 0 Å². The van der Waals surface area contributed by atoms with E-state index < -0.39 is 12.1 Å². The van der Waals surface area contributed by atoms with E-state index in [1.54, 1.807) is 36.4 Å². The lowest BCUT2D eigenvalue weighted by Crippen LogP contribution is -2.33. The molecule has 3 aromatic carbocycles. The van der Waals surface area contributed by atoms with Crippen LogP contribution >= 0.6 is 0 Å². The largest absolute Gasteiger partial charge is 0.444 e. The van der Waals surface area contributed by atoms with Crippen molar-refractivity contribution in [1.82, 2.24) is 5.32 Å². The molecule has 6 nitrogen and oxygen atoms in total. The summed E-state index contributed by atoms with van der Waals surface area (Å²) < 4.78 is 5.68. The standard InChI is InChI=1S/C24H22N2O4/c1-15(27)25-21-14-18-10-6-5-9-17(18)13-20(21)24(29)30-22(16-7-3-2-4-8-16)23(28)26-19-11-12-19/h2-10,13-14,19,22H,11-12H2,1H3,(H,25,27)(H,26,28)/t22-/m0/s1. The summed E-state index contributed by atoms with van der Waals surface area (Å²) in [5.41, 5.74) is 1.13. The van der Waals surface area contributed by atoms with Gasteiger partial charge in [-0.2, -0.15) is 0 Å². The Bertz CT molecular complexity index is 1110. The highest BCUT2D eigenvalue weighted by Crippen LogP contribution is 2.28. The van der Waals surface area contributed by atoms with Gasteiger partial charge in [-0.05, 0) is 35.7 Å². The number of rotatable bonds is 6. The van der Waals surface area contributed by atoms with Crippen LogP contribution in [0.25, 0.3) is 10.8 Å². The number of ether oxygens (including phenoxy) is 1. The minimum Gasteiger partial charge on any atom is -0.444 e. The number of amides is 2. The molecule has 0 saturated heterocycles. The maximum Gasteiger partial charge on any atom is 0.341 e. The summed E-state index contributed by atoms with van der Waals surface area (Å²) >= 11 is 0. The van der Waals surface area contributed by atoms with Crippen molar-refractivity contribution < 1.29 is 19.1 Å². The molecule has 1 saturated carbocycles. The number of hydrogen-bond acceptors (Lipinski definition) is 4. The molecule has 0 unspecified atom stereocenters. The van der Waals surface area contributed by atoms with Gasteiger partial charge in [-0.15, -0.1) is 0 Å². The molecule has 1 aliphatic rings. The highest BCUT2D eigenvalue weighted by Gasteiger charge is 2.31. The van der Waals surface area contributed by atoms with Crippen LogP contribution in [0.4, 0.5) is 5.69 Å². The molecule has 30 heavy (non-hydrogen) atoms. The second-order valence-corrected chi connectivity index (χ2v) is 7.41. The van der Waals surface area contributed by atoms with E-state index in [0.29, 0.717) is 11.3 Å². The lowest BCUT2D eigenvalue weighted by Gasteiger charge is -2.19. The van der Waals surface area contributed by atoms with Gasteiger partial charge in [0.05, 0.1) is 11.3 Å². The van der Waals surface area contributed by atoms with Crippen LogP contribution in [0.5, 0.6) is 0 Å². The number of esters is 1. The van der Waals surface area contributed by atoms with Crippen molar-refractivity contribution in [2.75, 3.05) is 5.32 Å². The molecule has 0 heterocycles. The van der Waals surface area contributed by atoms with E-state index in [1.807, 2.05) is 30.3 Å². The highest BCUT2D eigenvalue weighted by atomic mass is 16.5. The molecule has 1 atom stereocenters. The Morgan fingerprint density at radius 3 is 2.20 bits per heavy atom. The quantitative estimate of drug-likeness (QED) is 0.611. The number of carbonyl (C=O) groups excluding carboxylic acids is 3. The van der Waals surface area contributed by atoms with E-state index in [0.717, 1.165) is 23.6 Å². The minimum absolute atomic E-state index is 0.137. The van der Waals surface area contributed by atoms with Crippen LogP contribution in [-0.4, -0.2) is 23.8 Å². The molecule has 4 rings (SSSR count). The minimum atomic E-state index is -1.07. The van der Waals surface area contributed by atoms with Gasteiger partial charge in [-0.25, -0.2) is 4.79 Å². The molecule has 1 aliphatic carbocycles. The van der Waals surface area contributed by atoms with E-state index in [2.05, 4.69) is 10.6 Å². The molecule has 3 aromatic rings. The summed E-state index contributed by atoms with van der Waals surface area (Å²) in [5, 5.41) is 7.30. The second-order valence-electron chi connectivity index (χ2n) is 7.41. The van der Waals surface area contributed by atoms with Gasteiger partial charge in [0.15, 0.2) is 0 Å². The molecular formula is C24H22N2O4. The molecule has 0 aliphatic heterocycles. The Hall–Kier alpha value is -3.67. The Morgan fingerprint density at radius 2 is 1.57 bits per heavy atom. The molecular weight excluding hydrogens is 380 g/mol. The molecule has 152 valence electrons. The summed E-state index contributed by atoms with van der Waals surface area (Å²) in [4.78, 5) is 37.6. The summed E-state index contributed by atoms with van der Waals surface area (Å²) in [5.74, 6) is -1.33. The van der Waals surface area contributed by atoms with Crippen LogP contribution in [0.15, 0.2) is 66.7 Å². The normalized spacial score (nSPS) is 14.0. The SMILES string of the molecule is CC(=O)Nc1cc2ccccc2cc1C(=O)O[C@H](C(=O)NC1CC1)c1ccccc1. The third-order valence-corrected chi connectivity index (χ3v) is 4.91. The zero-order chi connectivity index (χ0) is 21.1. The Morgan fingerprint density at radius 1 is 0.933 bits per heavy atom.